The molecule has 1 aromatic heterocycles. The number of benzene rings is 1. The number of hydrogen-bond acceptors (Lipinski definition) is 3. The molecule has 0 atom stereocenters. The van der Waals surface area contributed by atoms with Crippen molar-refractivity contribution in [3.8, 4) is 0 Å². The molecule has 6 heteroatoms. The van der Waals surface area contributed by atoms with Crippen LogP contribution >= 0.6 is 11.8 Å². The number of aromatic carboxylic acids is 1. The molecule has 21 heavy (non-hydrogen) atoms. The van der Waals surface area contributed by atoms with Crippen LogP contribution in [0.25, 0.3) is 0 Å². The summed E-state index contributed by atoms with van der Waals surface area (Å²) in [5, 5.41) is 9.51. The first kappa shape index (κ1) is 15.4. The zero-order valence-corrected chi connectivity index (χ0v) is 12.3. The second kappa shape index (κ2) is 6.22. The average Bonchev–Trinajstić information content (AvgIpc) is 2.36. The fourth-order valence-corrected chi connectivity index (χ4v) is 3.14. The zero-order chi connectivity index (χ0) is 15.6. The van der Waals surface area contributed by atoms with Crippen LogP contribution in [0.4, 0.5) is 8.78 Å². The van der Waals surface area contributed by atoms with Gasteiger partial charge in [0.15, 0.2) is 0 Å². The van der Waals surface area contributed by atoms with Gasteiger partial charge in [-0.05, 0) is 37.6 Å². The first-order valence-electron chi connectivity index (χ1n) is 6.17. The molecule has 1 aromatic carbocycles. The zero-order valence-electron chi connectivity index (χ0n) is 11.5. The Kier molecular flexibility index (Phi) is 4.57. The normalized spacial score (nSPS) is 10.7. The lowest BCUT2D eigenvalue weighted by Crippen LogP contribution is -2.06. The summed E-state index contributed by atoms with van der Waals surface area (Å²) >= 11 is 1.01. The molecule has 0 radical (unpaired) electrons. The topological polar surface area (TPSA) is 50.2 Å². The van der Waals surface area contributed by atoms with Crippen molar-refractivity contribution in [3.05, 3.63) is 58.3 Å². The lowest BCUT2D eigenvalue weighted by atomic mass is 10.1. The van der Waals surface area contributed by atoms with Gasteiger partial charge in [-0.15, -0.1) is 11.8 Å². The maximum atomic E-state index is 13.6. The molecular weight excluding hydrogens is 296 g/mol. The van der Waals surface area contributed by atoms with E-state index in [1.807, 2.05) is 0 Å². The average molecular weight is 309 g/mol. The lowest BCUT2D eigenvalue weighted by molar-refractivity contribution is 0.0691. The monoisotopic (exact) mass is 309 g/mol. The van der Waals surface area contributed by atoms with Gasteiger partial charge in [-0.3, -0.25) is 0 Å². The van der Waals surface area contributed by atoms with Gasteiger partial charge in [0.2, 0.25) is 0 Å². The van der Waals surface area contributed by atoms with Crippen LogP contribution in [0.1, 0.15) is 27.2 Å². The van der Waals surface area contributed by atoms with Gasteiger partial charge in [0.25, 0.3) is 0 Å². The summed E-state index contributed by atoms with van der Waals surface area (Å²) in [6.45, 7) is 3.41. The minimum Gasteiger partial charge on any atom is -0.478 e. The van der Waals surface area contributed by atoms with E-state index in [0.29, 0.717) is 11.3 Å². The summed E-state index contributed by atoms with van der Waals surface area (Å²) < 4.78 is 27.2. The molecular formula is C15H13F2NO2S. The van der Waals surface area contributed by atoms with Crippen LogP contribution < -0.4 is 0 Å². The van der Waals surface area contributed by atoms with E-state index in [2.05, 4.69) is 4.98 Å². The Bertz CT molecular complexity index is 684. The summed E-state index contributed by atoms with van der Waals surface area (Å²) in [7, 11) is 0. The number of nitrogens with zero attached hydrogens (tertiary/aromatic N) is 1. The number of hydrogen-bond donors (Lipinski definition) is 1. The number of thioether (sulfide) groups is 1. The highest BCUT2D eigenvalue weighted by Gasteiger charge is 2.17. The largest absolute Gasteiger partial charge is 0.478 e. The van der Waals surface area contributed by atoms with E-state index in [-0.39, 0.29) is 21.9 Å². The first-order valence-corrected chi connectivity index (χ1v) is 7.16. The van der Waals surface area contributed by atoms with E-state index in [0.717, 1.165) is 11.8 Å². The standard InChI is InChI=1S/C15H13F2NO2S/c1-8-6-9(2)18-14(13(8)15(19)20)21-7-10-11(16)4-3-5-12(10)17/h3-6H,7H2,1-2H3,(H,19,20). The van der Waals surface area contributed by atoms with E-state index in [9.17, 15) is 18.7 Å². The molecule has 1 heterocycles. The van der Waals surface area contributed by atoms with Crippen molar-refractivity contribution < 1.29 is 18.7 Å². The second-order valence-electron chi connectivity index (χ2n) is 4.55. The van der Waals surface area contributed by atoms with E-state index in [1.165, 1.54) is 18.2 Å². The van der Waals surface area contributed by atoms with Crippen molar-refractivity contribution in [1.29, 1.82) is 0 Å². The molecule has 2 rings (SSSR count). The molecule has 1 N–H and O–H groups in total. The van der Waals surface area contributed by atoms with Crippen LogP contribution in [0.15, 0.2) is 29.3 Å². The maximum Gasteiger partial charge on any atom is 0.338 e. The van der Waals surface area contributed by atoms with Gasteiger partial charge in [-0.1, -0.05) is 6.07 Å². The highest BCUT2D eigenvalue weighted by Crippen LogP contribution is 2.29. The van der Waals surface area contributed by atoms with Gasteiger partial charge in [0.1, 0.15) is 16.7 Å². The molecule has 0 fully saturated rings. The Morgan fingerprint density at radius 3 is 2.48 bits per heavy atom. The predicted molar refractivity (Wildman–Crippen MR) is 76.6 cm³/mol. The smallest absolute Gasteiger partial charge is 0.338 e. The van der Waals surface area contributed by atoms with Gasteiger partial charge in [-0.2, -0.15) is 0 Å². The number of rotatable bonds is 4. The summed E-state index contributed by atoms with van der Waals surface area (Å²) in [5.74, 6) is -2.42. The molecule has 0 amide bonds. The summed E-state index contributed by atoms with van der Waals surface area (Å²) in [6.07, 6.45) is 0. The summed E-state index contributed by atoms with van der Waals surface area (Å²) in [5.41, 5.74) is 1.22. The van der Waals surface area contributed by atoms with Crippen molar-refractivity contribution in [2.75, 3.05) is 0 Å². The van der Waals surface area contributed by atoms with Crippen molar-refractivity contribution >= 4 is 17.7 Å². The van der Waals surface area contributed by atoms with Gasteiger partial charge < -0.3 is 5.11 Å². The van der Waals surface area contributed by atoms with Crippen LogP contribution in [0.3, 0.4) is 0 Å². The van der Waals surface area contributed by atoms with Crippen LogP contribution in [-0.2, 0) is 5.75 Å². The van der Waals surface area contributed by atoms with Crippen LogP contribution in [0, 0.1) is 25.5 Å². The fourth-order valence-electron chi connectivity index (χ4n) is 1.98. The number of carbonyl (C=O) groups is 1. The minimum absolute atomic E-state index is 0.0192. The Morgan fingerprint density at radius 2 is 1.90 bits per heavy atom. The van der Waals surface area contributed by atoms with Gasteiger partial charge in [0, 0.05) is 17.0 Å². The molecule has 0 aliphatic heterocycles. The number of aromatic nitrogens is 1. The Labute approximate surface area is 125 Å². The molecule has 110 valence electrons. The number of aryl methyl sites for hydroxylation is 2. The first-order chi connectivity index (χ1) is 9.90. The molecule has 0 saturated heterocycles. The molecule has 0 saturated carbocycles. The van der Waals surface area contributed by atoms with Crippen molar-refractivity contribution in [1.82, 2.24) is 4.98 Å². The highest BCUT2D eigenvalue weighted by atomic mass is 32.2. The van der Waals surface area contributed by atoms with Crippen molar-refractivity contribution in [3.63, 3.8) is 0 Å². The summed E-state index contributed by atoms with van der Waals surface area (Å²) in [4.78, 5) is 15.5. The van der Waals surface area contributed by atoms with Crippen LogP contribution in [0.2, 0.25) is 0 Å². The molecule has 0 aliphatic rings. The van der Waals surface area contributed by atoms with Gasteiger partial charge in [0.05, 0.1) is 5.56 Å². The third kappa shape index (κ3) is 3.39. The van der Waals surface area contributed by atoms with Gasteiger partial charge >= 0.3 is 5.97 Å². The predicted octanol–water partition coefficient (Wildman–Crippen LogP) is 3.97. The highest BCUT2D eigenvalue weighted by molar-refractivity contribution is 7.98. The fraction of sp³-hybridized carbons (Fsp3) is 0.200. The SMILES string of the molecule is Cc1cc(C)c(C(=O)O)c(SCc2c(F)cccc2F)n1. The maximum absolute atomic E-state index is 13.6. The summed E-state index contributed by atoms with van der Waals surface area (Å²) in [6, 6.07) is 5.30. The molecule has 0 spiro atoms. The number of pyridine rings is 1. The Balaban J connectivity index is 2.34. The lowest BCUT2D eigenvalue weighted by Gasteiger charge is -2.10. The number of carboxylic acids is 1. The van der Waals surface area contributed by atoms with Crippen LogP contribution in [-0.4, -0.2) is 16.1 Å². The Hall–Kier alpha value is -1.95. The second-order valence-corrected chi connectivity index (χ2v) is 5.52. The molecule has 3 nitrogen and oxygen atoms in total. The van der Waals surface area contributed by atoms with Crippen molar-refractivity contribution in [2.24, 2.45) is 0 Å². The molecule has 0 bridgehead atoms. The molecule has 2 aromatic rings. The van der Waals surface area contributed by atoms with E-state index in [4.69, 9.17) is 0 Å². The molecule has 0 aliphatic carbocycles. The van der Waals surface area contributed by atoms with Crippen LogP contribution in [0.5, 0.6) is 0 Å². The third-order valence-electron chi connectivity index (χ3n) is 2.94. The van der Waals surface area contributed by atoms with Gasteiger partial charge in [-0.25, -0.2) is 18.6 Å². The minimum atomic E-state index is -1.10. The van der Waals surface area contributed by atoms with E-state index in [1.54, 1.807) is 19.9 Å². The number of carboxylic acid groups (broad SMARTS) is 1. The number of halogens is 2. The molecule has 0 unspecified atom stereocenters. The third-order valence-corrected chi connectivity index (χ3v) is 3.94. The quantitative estimate of drug-likeness (QED) is 0.868. The van der Waals surface area contributed by atoms with E-state index >= 15 is 0 Å². The Morgan fingerprint density at radius 1 is 1.29 bits per heavy atom. The van der Waals surface area contributed by atoms with E-state index < -0.39 is 17.6 Å². The van der Waals surface area contributed by atoms with Crippen molar-refractivity contribution in [2.45, 2.75) is 24.6 Å².